The zero-order valence-electron chi connectivity index (χ0n) is 12.3. The molecule has 2 rings (SSSR count). The van der Waals surface area contributed by atoms with Gasteiger partial charge in [0.15, 0.2) is 0 Å². The number of benzene rings is 1. The molecular weight excluding hydrogens is 291 g/mol. The van der Waals surface area contributed by atoms with Gasteiger partial charge in [0.1, 0.15) is 5.82 Å². The fourth-order valence-corrected chi connectivity index (χ4v) is 3.05. The van der Waals surface area contributed by atoms with Crippen molar-refractivity contribution in [2.75, 3.05) is 56.3 Å². The van der Waals surface area contributed by atoms with Gasteiger partial charge in [-0.05, 0) is 24.3 Å². The number of thioether (sulfide) groups is 1. The molecule has 1 heterocycles. The minimum atomic E-state index is -0.222. The van der Waals surface area contributed by atoms with E-state index in [9.17, 15) is 9.18 Å². The summed E-state index contributed by atoms with van der Waals surface area (Å²) < 4.78 is 17.9. The second-order valence-electron chi connectivity index (χ2n) is 4.89. The topological polar surface area (TPSA) is 32.8 Å². The molecule has 116 valence electrons. The van der Waals surface area contributed by atoms with Crippen LogP contribution >= 0.6 is 11.8 Å². The maximum Gasteiger partial charge on any atom is 0.232 e. The average molecular weight is 312 g/mol. The lowest BCUT2D eigenvalue weighted by atomic mass is 10.2. The molecule has 0 aliphatic carbocycles. The van der Waals surface area contributed by atoms with Gasteiger partial charge in [0.05, 0.1) is 12.4 Å². The van der Waals surface area contributed by atoms with E-state index in [4.69, 9.17) is 4.74 Å². The fourth-order valence-electron chi connectivity index (χ4n) is 2.26. The molecule has 1 aromatic carbocycles. The van der Waals surface area contributed by atoms with Crippen molar-refractivity contribution in [3.05, 3.63) is 30.1 Å². The summed E-state index contributed by atoms with van der Waals surface area (Å²) in [5.41, 5.74) is 1.01. The summed E-state index contributed by atoms with van der Waals surface area (Å²) in [5, 5.41) is 0. The minimum Gasteiger partial charge on any atom is -0.384 e. The summed E-state index contributed by atoms with van der Waals surface area (Å²) in [4.78, 5) is 16.1. The monoisotopic (exact) mass is 312 g/mol. The summed E-state index contributed by atoms with van der Waals surface area (Å²) in [5.74, 6) is 1.33. The van der Waals surface area contributed by atoms with Gasteiger partial charge in [-0.3, -0.25) is 4.79 Å². The molecule has 0 unspecified atom stereocenters. The first-order valence-electron chi connectivity index (χ1n) is 7.05. The van der Waals surface area contributed by atoms with Gasteiger partial charge < -0.3 is 14.5 Å². The normalized spacial score (nSPS) is 15.3. The molecule has 0 atom stereocenters. The Morgan fingerprint density at radius 1 is 1.24 bits per heavy atom. The van der Waals surface area contributed by atoms with Crippen LogP contribution in [0.2, 0.25) is 0 Å². The Hall–Kier alpha value is -1.27. The first kappa shape index (κ1) is 16.1. The standard InChI is InChI=1S/C15H21FN2O2S/c1-20-10-11-21-12-15(19)18-8-6-17(7-9-18)14-4-2-13(16)3-5-14/h2-5H,6-12H2,1H3. The molecule has 1 aromatic rings. The highest BCUT2D eigenvalue weighted by Gasteiger charge is 2.20. The fraction of sp³-hybridized carbons (Fsp3) is 0.533. The number of ether oxygens (including phenoxy) is 1. The van der Waals surface area contributed by atoms with Crippen LogP contribution in [0.25, 0.3) is 0 Å². The Balaban J connectivity index is 1.75. The van der Waals surface area contributed by atoms with Crippen LogP contribution in [0.15, 0.2) is 24.3 Å². The zero-order valence-corrected chi connectivity index (χ0v) is 13.1. The van der Waals surface area contributed by atoms with Crippen LogP contribution in [0.1, 0.15) is 0 Å². The summed E-state index contributed by atoms with van der Waals surface area (Å²) in [6.07, 6.45) is 0. The van der Waals surface area contributed by atoms with Crippen LogP contribution < -0.4 is 4.90 Å². The van der Waals surface area contributed by atoms with E-state index in [1.807, 2.05) is 4.90 Å². The summed E-state index contributed by atoms with van der Waals surface area (Å²) in [6, 6.07) is 6.51. The summed E-state index contributed by atoms with van der Waals surface area (Å²) >= 11 is 1.61. The van der Waals surface area contributed by atoms with Gasteiger partial charge in [-0.2, -0.15) is 0 Å². The highest BCUT2D eigenvalue weighted by molar-refractivity contribution is 7.99. The van der Waals surface area contributed by atoms with Gasteiger partial charge in [0.25, 0.3) is 0 Å². The molecule has 0 radical (unpaired) electrons. The maximum absolute atomic E-state index is 12.9. The van der Waals surface area contributed by atoms with Crippen molar-refractivity contribution in [2.24, 2.45) is 0 Å². The number of methoxy groups -OCH3 is 1. The Labute approximate surface area is 129 Å². The van der Waals surface area contributed by atoms with E-state index in [0.29, 0.717) is 12.4 Å². The number of carbonyl (C=O) groups is 1. The van der Waals surface area contributed by atoms with E-state index >= 15 is 0 Å². The van der Waals surface area contributed by atoms with Crippen LogP contribution in [0, 0.1) is 5.82 Å². The van der Waals surface area contributed by atoms with E-state index in [1.54, 1.807) is 31.0 Å². The van der Waals surface area contributed by atoms with Crippen molar-refractivity contribution >= 4 is 23.4 Å². The largest absolute Gasteiger partial charge is 0.384 e. The molecule has 1 saturated heterocycles. The number of piperazine rings is 1. The molecule has 0 N–H and O–H groups in total. The Kier molecular flexibility index (Phi) is 6.32. The van der Waals surface area contributed by atoms with Gasteiger partial charge in [0, 0.05) is 44.7 Å². The van der Waals surface area contributed by atoms with Gasteiger partial charge in [-0.1, -0.05) is 0 Å². The molecule has 1 aliphatic rings. The number of hydrogen-bond acceptors (Lipinski definition) is 4. The van der Waals surface area contributed by atoms with Crippen molar-refractivity contribution in [1.82, 2.24) is 4.90 Å². The smallest absolute Gasteiger partial charge is 0.232 e. The lowest BCUT2D eigenvalue weighted by Crippen LogP contribution is -2.49. The molecule has 0 saturated carbocycles. The maximum atomic E-state index is 12.9. The number of carbonyl (C=O) groups excluding carboxylic acids is 1. The lowest BCUT2D eigenvalue weighted by Gasteiger charge is -2.36. The average Bonchev–Trinajstić information content (AvgIpc) is 2.52. The predicted molar refractivity (Wildman–Crippen MR) is 84.4 cm³/mol. The van der Waals surface area contributed by atoms with Crippen LogP contribution in [0.4, 0.5) is 10.1 Å². The van der Waals surface area contributed by atoms with Crippen LogP contribution in [-0.2, 0) is 9.53 Å². The molecule has 6 heteroatoms. The summed E-state index contributed by atoms with van der Waals surface area (Å²) in [6.45, 7) is 3.71. The number of amides is 1. The predicted octanol–water partition coefficient (Wildman–Crippen LogP) is 1.85. The van der Waals surface area contributed by atoms with Crippen molar-refractivity contribution in [3.8, 4) is 0 Å². The molecule has 0 spiro atoms. The van der Waals surface area contributed by atoms with E-state index in [-0.39, 0.29) is 11.7 Å². The molecule has 4 nitrogen and oxygen atoms in total. The summed E-state index contributed by atoms with van der Waals surface area (Å²) in [7, 11) is 1.66. The minimum absolute atomic E-state index is 0.190. The third-order valence-corrected chi connectivity index (χ3v) is 4.39. The molecule has 1 aliphatic heterocycles. The Morgan fingerprint density at radius 3 is 2.52 bits per heavy atom. The lowest BCUT2D eigenvalue weighted by molar-refractivity contribution is -0.128. The number of anilines is 1. The second-order valence-corrected chi connectivity index (χ2v) is 5.99. The third-order valence-electron chi connectivity index (χ3n) is 3.48. The van der Waals surface area contributed by atoms with Crippen LogP contribution in [-0.4, -0.2) is 62.2 Å². The van der Waals surface area contributed by atoms with Crippen LogP contribution in [0.5, 0.6) is 0 Å². The van der Waals surface area contributed by atoms with E-state index in [2.05, 4.69) is 4.90 Å². The number of hydrogen-bond donors (Lipinski definition) is 0. The van der Waals surface area contributed by atoms with Crippen molar-refractivity contribution in [1.29, 1.82) is 0 Å². The first-order valence-corrected chi connectivity index (χ1v) is 8.21. The van der Waals surface area contributed by atoms with E-state index in [1.165, 1.54) is 12.1 Å². The SMILES string of the molecule is COCCSCC(=O)N1CCN(c2ccc(F)cc2)CC1. The van der Waals surface area contributed by atoms with Crippen molar-refractivity contribution in [3.63, 3.8) is 0 Å². The molecule has 0 bridgehead atoms. The number of nitrogens with zero attached hydrogens (tertiary/aromatic N) is 2. The van der Waals surface area contributed by atoms with Gasteiger partial charge >= 0.3 is 0 Å². The number of halogens is 1. The first-order chi connectivity index (χ1) is 10.2. The highest BCUT2D eigenvalue weighted by atomic mass is 32.2. The van der Waals surface area contributed by atoms with Gasteiger partial charge in [0.2, 0.25) is 5.91 Å². The number of rotatable bonds is 6. The molecule has 1 amide bonds. The van der Waals surface area contributed by atoms with Crippen LogP contribution in [0.3, 0.4) is 0 Å². The van der Waals surface area contributed by atoms with Gasteiger partial charge in [-0.25, -0.2) is 4.39 Å². The molecular formula is C15H21FN2O2S. The second kappa shape index (κ2) is 8.24. The van der Waals surface area contributed by atoms with E-state index < -0.39 is 0 Å². The van der Waals surface area contributed by atoms with Crippen molar-refractivity contribution in [2.45, 2.75) is 0 Å². The quantitative estimate of drug-likeness (QED) is 0.751. The highest BCUT2D eigenvalue weighted by Crippen LogP contribution is 2.17. The van der Waals surface area contributed by atoms with Crippen molar-refractivity contribution < 1.29 is 13.9 Å². The Bertz CT molecular complexity index is 447. The van der Waals surface area contributed by atoms with Gasteiger partial charge in [-0.15, -0.1) is 11.8 Å². The zero-order chi connectivity index (χ0) is 15.1. The Morgan fingerprint density at radius 2 is 1.90 bits per heavy atom. The molecule has 21 heavy (non-hydrogen) atoms. The van der Waals surface area contributed by atoms with E-state index in [0.717, 1.165) is 37.6 Å². The third kappa shape index (κ3) is 4.89. The molecule has 1 fully saturated rings. The molecule has 0 aromatic heterocycles.